The lowest BCUT2D eigenvalue weighted by Gasteiger charge is -2.34. The number of anilines is 1. The van der Waals surface area contributed by atoms with Crippen LogP contribution in [0.25, 0.3) is 0 Å². The van der Waals surface area contributed by atoms with Gasteiger partial charge in [0.25, 0.3) is 5.91 Å². The minimum absolute atomic E-state index is 0.118. The molecular weight excluding hydrogens is 240 g/mol. The number of benzene rings is 1. The number of amides is 1. The van der Waals surface area contributed by atoms with Crippen molar-refractivity contribution < 1.29 is 9.53 Å². The van der Waals surface area contributed by atoms with Crippen LogP contribution < -0.4 is 11.1 Å². The number of carbonyl (C=O) groups is 1. The van der Waals surface area contributed by atoms with Crippen LogP contribution in [0.3, 0.4) is 0 Å². The van der Waals surface area contributed by atoms with Crippen LogP contribution in [-0.4, -0.2) is 25.2 Å². The molecule has 5 heteroatoms. The van der Waals surface area contributed by atoms with Gasteiger partial charge in [0.15, 0.2) is 0 Å². The van der Waals surface area contributed by atoms with E-state index in [0.29, 0.717) is 16.3 Å². The maximum Gasteiger partial charge on any atom is 0.251 e. The summed E-state index contributed by atoms with van der Waals surface area (Å²) in [4.78, 5) is 11.9. The molecule has 4 nitrogen and oxygen atoms in total. The zero-order valence-electron chi connectivity index (χ0n) is 9.57. The van der Waals surface area contributed by atoms with Crippen LogP contribution in [-0.2, 0) is 4.74 Å². The second kappa shape index (κ2) is 4.94. The van der Waals surface area contributed by atoms with Crippen LogP contribution in [0.15, 0.2) is 18.2 Å². The fourth-order valence-corrected chi connectivity index (χ4v) is 1.95. The first-order chi connectivity index (χ1) is 8.10. The zero-order valence-corrected chi connectivity index (χ0v) is 10.3. The van der Waals surface area contributed by atoms with Crippen molar-refractivity contribution in [3.05, 3.63) is 28.8 Å². The lowest BCUT2D eigenvalue weighted by Crippen LogP contribution is -2.47. The Kier molecular flexibility index (Phi) is 3.54. The van der Waals surface area contributed by atoms with E-state index in [-0.39, 0.29) is 18.1 Å². The van der Waals surface area contributed by atoms with E-state index in [1.165, 1.54) is 0 Å². The van der Waals surface area contributed by atoms with Crippen LogP contribution in [0.2, 0.25) is 5.02 Å². The van der Waals surface area contributed by atoms with Crippen molar-refractivity contribution in [1.82, 2.24) is 5.32 Å². The van der Waals surface area contributed by atoms with Gasteiger partial charge in [-0.2, -0.15) is 0 Å². The lowest BCUT2D eigenvalue weighted by atomic mass is 9.89. The molecule has 0 aliphatic heterocycles. The van der Waals surface area contributed by atoms with E-state index in [0.717, 1.165) is 12.8 Å². The summed E-state index contributed by atoms with van der Waals surface area (Å²) < 4.78 is 5.15. The summed E-state index contributed by atoms with van der Waals surface area (Å²) in [6.45, 7) is 0. The number of rotatable bonds is 3. The number of nitrogens with one attached hydrogen (secondary N) is 1. The highest BCUT2D eigenvalue weighted by Crippen LogP contribution is 2.24. The van der Waals surface area contributed by atoms with Gasteiger partial charge in [-0.25, -0.2) is 0 Å². The Hall–Kier alpha value is -1.26. The molecule has 1 amide bonds. The van der Waals surface area contributed by atoms with Crippen LogP contribution in [0.4, 0.5) is 5.69 Å². The molecule has 92 valence electrons. The molecule has 1 aromatic rings. The van der Waals surface area contributed by atoms with Gasteiger partial charge in [0, 0.05) is 18.7 Å². The van der Waals surface area contributed by atoms with E-state index in [9.17, 15) is 4.79 Å². The normalized spacial score (nSPS) is 22.9. The third-order valence-electron chi connectivity index (χ3n) is 3.02. The highest BCUT2D eigenvalue weighted by molar-refractivity contribution is 6.33. The van der Waals surface area contributed by atoms with Crippen molar-refractivity contribution in [3.8, 4) is 0 Å². The highest BCUT2D eigenvalue weighted by atomic mass is 35.5. The average molecular weight is 255 g/mol. The van der Waals surface area contributed by atoms with E-state index < -0.39 is 0 Å². The predicted octanol–water partition coefficient (Wildman–Crippen LogP) is 1.83. The van der Waals surface area contributed by atoms with Crippen LogP contribution in [0.5, 0.6) is 0 Å². The Morgan fingerprint density at radius 1 is 1.53 bits per heavy atom. The molecule has 0 bridgehead atoms. The fourth-order valence-electron chi connectivity index (χ4n) is 1.83. The monoisotopic (exact) mass is 254 g/mol. The molecule has 0 atom stereocenters. The number of carbonyl (C=O) groups excluding carboxylic acids is 1. The second-order valence-corrected chi connectivity index (χ2v) is 4.64. The van der Waals surface area contributed by atoms with Crippen molar-refractivity contribution in [1.29, 1.82) is 0 Å². The van der Waals surface area contributed by atoms with Gasteiger partial charge < -0.3 is 15.8 Å². The van der Waals surface area contributed by atoms with Gasteiger partial charge in [0.05, 0.1) is 16.8 Å². The number of hydrogen-bond acceptors (Lipinski definition) is 3. The summed E-state index contributed by atoms with van der Waals surface area (Å²) in [5, 5.41) is 3.39. The molecule has 17 heavy (non-hydrogen) atoms. The minimum Gasteiger partial charge on any atom is -0.398 e. The molecule has 0 unspecified atom stereocenters. The summed E-state index contributed by atoms with van der Waals surface area (Å²) in [6.07, 6.45) is 2.01. The van der Waals surface area contributed by atoms with Gasteiger partial charge in [0.1, 0.15) is 0 Å². The molecule has 1 saturated carbocycles. The summed E-state index contributed by atoms with van der Waals surface area (Å²) in [5.41, 5.74) is 6.60. The molecule has 2 rings (SSSR count). The Morgan fingerprint density at radius 2 is 2.24 bits per heavy atom. The van der Waals surface area contributed by atoms with Crippen molar-refractivity contribution in [2.24, 2.45) is 0 Å². The molecule has 0 radical (unpaired) electrons. The third kappa shape index (κ3) is 2.70. The SMILES string of the molecule is COC1CC(NC(=O)c2ccc(Cl)c(N)c2)C1. The Balaban J connectivity index is 1.94. The first-order valence-electron chi connectivity index (χ1n) is 5.49. The first-order valence-corrected chi connectivity index (χ1v) is 5.86. The van der Waals surface area contributed by atoms with E-state index in [2.05, 4.69) is 5.32 Å². The van der Waals surface area contributed by atoms with Gasteiger partial charge in [-0.05, 0) is 31.0 Å². The standard InChI is InChI=1S/C12H15ClN2O2/c1-17-9-5-8(6-9)15-12(16)7-2-3-10(13)11(14)4-7/h2-4,8-9H,5-6,14H2,1H3,(H,15,16). The summed E-state index contributed by atoms with van der Waals surface area (Å²) in [6, 6.07) is 5.08. The number of nitrogen functional groups attached to an aromatic ring is 1. The van der Waals surface area contributed by atoms with Crippen LogP contribution >= 0.6 is 11.6 Å². The molecular formula is C12H15ClN2O2. The Labute approximate surface area is 105 Å². The quantitative estimate of drug-likeness (QED) is 0.809. The minimum atomic E-state index is -0.118. The summed E-state index contributed by atoms with van der Waals surface area (Å²) in [7, 11) is 1.68. The van der Waals surface area contributed by atoms with Crippen LogP contribution in [0, 0.1) is 0 Å². The largest absolute Gasteiger partial charge is 0.398 e. The number of ether oxygens (including phenoxy) is 1. The third-order valence-corrected chi connectivity index (χ3v) is 3.37. The Bertz CT molecular complexity index is 431. The van der Waals surface area contributed by atoms with Crippen molar-refractivity contribution >= 4 is 23.2 Å². The molecule has 0 spiro atoms. The van der Waals surface area contributed by atoms with Crippen molar-refractivity contribution in [3.63, 3.8) is 0 Å². The van der Waals surface area contributed by atoms with Gasteiger partial charge in [-0.15, -0.1) is 0 Å². The maximum atomic E-state index is 11.9. The van der Waals surface area contributed by atoms with Gasteiger partial charge in [-0.3, -0.25) is 4.79 Å². The van der Waals surface area contributed by atoms with Gasteiger partial charge in [0.2, 0.25) is 0 Å². The summed E-state index contributed by atoms with van der Waals surface area (Å²) >= 11 is 5.79. The molecule has 1 fully saturated rings. The smallest absolute Gasteiger partial charge is 0.251 e. The van der Waals surface area contributed by atoms with E-state index >= 15 is 0 Å². The molecule has 0 heterocycles. The lowest BCUT2D eigenvalue weighted by molar-refractivity contribution is 0.0176. The number of nitrogens with two attached hydrogens (primary N) is 1. The molecule has 1 aliphatic rings. The highest BCUT2D eigenvalue weighted by Gasteiger charge is 2.30. The van der Waals surface area contributed by atoms with E-state index in [1.54, 1.807) is 25.3 Å². The van der Waals surface area contributed by atoms with Crippen LogP contribution in [0.1, 0.15) is 23.2 Å². The maximum absolute atomic E-state index is 11.9. The molecule has 0 saturated heterocycles. The van der Waals surface area contributed by atoms with Crippen molar-refractivity contribution in [2.45, 2.75) is 25.0 Å². The van der Waals surface area contributed by atoms with Crippen molar-refractivity contribution in [2.75, 3.05) is 12.8 Å². The average Bonchev–Trinajstić information content (AvgIpc) is 2.26. The number of hydrogen-bond donors (Lipinski definition) is 2. The first kappa shape index (κ1) is 12.2. The second-order valence-electron chi connectivity index (χ2n) is 4.24. The van der Waals surface area contributed by atoms with E-state index in [4.69, 9.17) is 22.1 Å². The molecule has 3 N–H and O–H groups in total. The van der Waals surface area contributed by atoms with Gasteiger partial charge >= 0.3 is 0 Å². The summed E-state index contributed by atoms with van der Waals surface area (Å²) in [5.74, 6) is -0.118. The molecule has 1 aliphatic carbocycles. The van der Waals surface area contributed by atoms with E-state index in [1.807, 2.05) is 0 Å². The molecule has 1 aromatic carbocycles. The predicted molar refractivity (Wildman–Crippen MR) is 67.1 cm³/mol. The topological polar surface area (TPSA) is 64.3 Å². The zero-order chi connectivity index (χ0) is 12.4. The number of methoxy groups -OCH3 is 1. The van der Waals surface area contributed by atoms with Gasteiger partial charge in [-0.1, -0.05) is 11.6 Å². The fraction of sp³-hybridized carbons (Fsp3) is 0.417. The molecule has 0 aromatic heterocycles. The number of halogens is 1. The Morgan fingerprint density at radius 3 is 2.82 bits per heavy atom.